The fourth-order valence-corrected chi connectivity index (χ4v) is 1.61. The van der Waals surface area contributed by atoms with Crippen LogP contribution in [0, 0.1) is 5.92 Å². The Kier molecular flexibility index (Phi) is 3.98. The van der Waals surface area contributed by atoms with E-state index in [1.54, 1.807) is 0 Å². The molecule has 1 aliphatic rings. The van der Waals surface area contributed by atoms with Crippen LogP contribution >= 0.6 is 0 Å². The van der Waals surface area contributed by atoms with Gasteiger partial charge in [0.25, 0.3) is 0 Å². The SMILES string of the molecule is CN(C)CCN1CC[C@@H](CO)C1. The topological polar surface area (TPSA) is 26.7 Å². The molecule has 1 aliphatic heterocycles. The minimum Gasteiger partial charge on any atom is -0.396 e. The van der Waals surface area contributed by atoms with E-state index < -0.39 is 0 Å². The van der Waals surface area contributed by atoms with Gasteiger partial charge in [-0.3, -0.25) is 0 Å². The lowest BCUT2D eigenvalue weighted by Crippen LogP contribution is -2.30. The average molecular weight is 172 g/mol. The Morgan fingerprint density at radius 3 is 2.75 bits per heavy atom. The van der Waals surface area contributed by atoms with Gasteiger partial charge < -0.3 is 14.9 Å². The number of aliphatic hydroxyl groups excluding tert-OH is 1. The maximum atomic E-state index is 8.92. The first kappa shape index (κ1) is 9.96. The van der Waals surface area contributed by atoms with Gasteiger partial charge in [0.1, 0.15) is 0 Å². The molecule has 1 rings (SSSR count). The Hall–Kier alpha value is -0.120. The molecule has 0 saturated carbocycles. The predicted molar refractivity (Wildman–Crippen MR) is 50.2 cm³/mol. The highest BCUT2D eigenvalue weighted by Crippen LogP contribution is 2.14. The molecule has 3 heteroatoms. The molecular formula is C9H20N2O. The fraction of sp³-hybridized carbons (Fsp3) is 1.00. The van der Waals surface area contributed by atoms with Gasteiger partial charge in [0.2, 0.25) is 0 Å². The molecule has 0 radical (unpaired) electrons. The Balaban J connectivity index is 2.11. The van der Waals surface area contributed by atoms with Gasteiger partial charge in [-0.05, 0) is 33.0 Å². The number of hydrogen-bond acceptors (Lipinski definition) is 3. The summed E-state index contributed by atoms with van der Waals surface area (Å²) in [6, 6.07) is 0. The molecule has 1 fully saturated rings. The van der Waals surface area contributed by atoms with Gasteiger partial charge in [-0.2, -0.15) is 0 Å². The number of likely N-dealkylation sites (N-methyl/N-ethyl adjacent to an activating group) is 1. The summed E-state index contributed by atoms with van der Waals surface area (Å²) in [7, 11) is 4.19. The van der Waals surface area contributed by atoms with Crippen LogP contribution in [-0.2, 0) is 0 Å². The lowest BCUT2D eigenvalue weighted by atomic mass is 10.1. The molecule has 0 aliphatic carbocycles. The maximum absolute atomic E-state index is 8.92. The van der Waals surface area contributed by atoms with Crippen molar-refractivity contribution in [3.8, 4) is 0 Å². The van der Waals surface area contributed by atoms with Crippen molar-refractivity contribution < 1.29 is 5.11 Å². The smallest absolute Gasteiger partial charge is 0.0471 e. The first-order valence-electron chi connectivity index (χ1n) is 4.70. The van der Waals surface area contributed by atoms with E-state index >= 15 is 0 Å². The highest BCUT2D eigenvalue weighted by Gasteiger charge is 2.20. The van der Waals surface area contributed by atoms with Crippen molar-refractivity contribution in [1.29, 1.82) is 0 Å². The summed E-state index contributed by atoms with van der Waals surface area (Å²) in [5.74, 6) is 0.534. The summed E-state index contributed by atoms with van der Waals surface area (Å²) >= 11 is 0. The Bertz CT molecular complexity index is 128. The second-order valence-corrected chi connectivity index (χ2v) is 3.94. The zero-order chi connectivity index (χ0) is 8.97. The Morgan fingerprint density at radius 2 is 2.25 bits per heavy atom. The van der Waals surface area contributed by atoms with Crippen molar-refractivity contribution in [1.82, 2.24) is 9.80 Å². The van der Waals surface area contributed by atoms with E-state index in [1.807, 2.05) is 0 Å². The summed E-state index contributed by atoms with van der Waals surface area (Å²) < 4.78 is 0. The lowest BCUT2D eigenvalue weighted by molar-refractivity contribution is 0.216. The van der Waals surface area contributed by atoms with Crippen LogP contribution in [0.3, 0.4) is 0 Å². The fourth-order valence-electron chi connectivity index (χ4n) is 1.61. The van der Waals surface area contributed by atoms with E-state index in [2.05, 4.69) is 23.9 Å². The van der Waals surface area contributed by atoms with E-state index in [1.165, 1.54) is 13.0 Å². The van der Waals surface area contributed by atoms with Crippen LogP contribution in [0.5, 0.6) is 0 Å². The Morgan fingerprint density at radius 1 is 1.50 bits per heavy atom. The van der Waals surface area contributed by atoms with Crippen LogP contribution in [-0.4, -0.2) is 61.8 Å². The molecule has 1 heterocycles. The van der Waals surface area contributed by atoms with Gasteiger partial charge in [-0.1, -0.05) is 0 Å². The number of hydrogen-bond donors (Lipinski definition) is 1. The normalized spacial score (nSPS) is 25.5. The molecule has 0 unspecified atom stereocenters. The molecule has 0 bridgehead atoms. The summed E-state index contributed by atoms with van der Waals surface area (Å²) in [4.78, 5) is 4.63. The number of rotatable bonds is 4. The summed E-state index contributed by atoms with van der Waals surface area (Å²) in [5.41, 5.74) is 0. The standard InChI is InChI=1S/C9H20N2O/c1-10(2)5-6-11-4-3-9(7-11)8-12/h9,12H,3-8H2,1-2H3/t9-/m1/s1. The summed E-state index contributed by atoms with van der Waals surface area (Å²) in [6.07, 6.45) is 1.17. The van der Waals surface area contributed by atoms with Gasteiger partial charge in [0.05, 0.1) is 0 Å². The molecule has 72 valence electrons. The first-order chi connectivity index (χ1) is 5.72. The van der Waals surface area contributed by atoms with Crippen molar-refractivity contribution >= 4 is 0 Å². The lowest BCUT2D eigenvalue weighted by Gasteiger charge is -2.18. The van der Waals surface area contributed by atoms with Gasteiger partial charge in [0.15, 0.2) is 0 Å². The Labute approximate surface area is 75.0 Å². The predicted octanol–water partition coefficient (Wildman–Crippen LogP) is -0.138. The van der Waals surface area contributed by atoms with Crippen molar-refractivity contribution in [2.24, 2.45) is 5.92 Å². The van der Waals surface area contributed by atoms with Crippen LogP contribution in [0.15, 0.2) is 0 Å². The third kappa shape index (κ3) is 3.09. The van der Waals surface area contributed by atoms with E-state index in [9.17, 15) is 0 Å². The monoisotopic (exact) mass is 172 g/mol. The van der Waals surface area contributed by atoms with Gasteiger partial charge in [-0.15, -0.1) is 0 Å². The van der Waals surface area contributed by atoms with E-state index in [0.717, 1.165) is 19.6 Å². The maximum Gasteiger partial charge on any atom is 0.0471 e. The van der Waals surface area contributed by atoms with Crippen molar-refractivity contribution in [3.63, 3.8) is 0 Å². The zero-order valence-electron chi connectivity index (χ0n) is 8.16. The van der Waals surface area contributed by atoms with Gasteiger partial charge >= 0.3 is 0 Å². The third-order valence-corrected chi connectivity index (χ3v) is 2.49. The van der Waals surface area contributed by atoms with Crippen molar-refractivity contribution in [2.75, 3.05) is 46.9 Å². The molecule has 12 heavy (non-hydrogen) atoms. The van der Waals surface area contributed by atoms with E-state index in [0.29, 0.717) is 12.5 Å². The van der Waals surface area contributed by atoms with Gasteiger partial charge in [-0.25, -0.2) is 0 Å². The molecule has 0 aromatic rings. The van der Waals surface area contributed by atoms with Crippen LogP contribution in [0.25, 0.3) is 0 Å². The van der Waals surface area contributed by atoms with Crippen molar-refractivity contribution in [3.05, 3.63) is 0 Å². The molecular weight excluding hydrogens is 152 g/mol. The zero-order valence-corrected chi connectivity index (χ0v) is 8.16. The van der Waals surface area contributed by atoms with Gasteiger partial charge in [0, 0.05) is 26.2 Å². The van der Waals surface area contributed by atoms with Crippen LogP contribution in [0.1, 0.15) is 6.42 Å². The summed E-state index contributed by atoms with van der Waals surface area (Å²) in [5, 5.41) is 8.92. The van der Waals surface area contributed by atoms with Crippen LogP contribution in [0.2, 0.25) is 0 Å². The molecule has 0 spiro atoms. The molecule has 1 N–H and O–H groups in total. The molecule has 1 atom stereocenters. The molecule has 3 nitrogen and oxygen atoms in total. The largest absolute Gasteiger partial charge is 0.396 e. The van der Waals surface area contributed by atoms with E-state index in [4.69, 9.17) is 5.11 Å². The molecule has 0 amide bonds. The quantitative estimate of drug-likeness (QED) is 0.639. The first-order valence-corrected chi connectivity index (χ1v) is 4.70. The summed E-state index contributed by atoms with van der Waals surface area (Å²) in [6.45, 7) is 4.88. The number of nitrogens with zero attached hydrogens (tertiary/aromatic N) is 2. The second-order valence-electron chi connectivity index (χ2n) is 3.94. The van der Waals surface area contributed by atoms with Crippen LogP contribution < -0.4 is 0 Å². The molecule has 0 aromatic heterocycles. The molecule has 1 saturated heterocycles. The highest BCUT2D eigenvalue weighted by molar-refractivity contribution is 4.74. The van der Waals surface area contributed by atoms with Crippen LogP contribution in [0.4, 0.5) is 0 Å². The number of aliphatic hydroxyl groups is 1. The van der Waals surface area contributed by atoms with Crippen molar-refractivity contribution in [2.45, 2.75) is 6.42 Å². The third-order valence-electron chi connectivity index (χ3n) is 2.49. The van der Waals surface area contributed by atoms with E-state index in [-0.39, 0.29) is 0 Å². The minimum absolute atomic E-state index is 0.360. The second kappa shape index (κ2) is 4.80. The average Bonchev–Trinajstić information content (AvgIpc) is 2.48. The highest BCUT2D eigenvalue weighted by atomic mass is 16.3. The molecule has 0 aromatic carbocycles. The number of likely N-dealkylation sites (tertiary alicyclic amines) is 1. The minimum atomic E-state index is 0.360.